The van der Waals surface area contributed by atoms with Crippen molar-refractivity contribution in [3.8, 4) is 18.1 Å². The first-order valence-corrected chi connectivity index (χ1v) is 5.20. The summed E-state index contributed by atoms with van der Waals surface area (Å²) in [7, 11) is 1.21. The number of alkyl halides is 3. The Bertz CT molecular complexity index is 519. The van der Waals surface area contributed by atoms with Crippen LogP contribution in [-0.2, 0) is 6.18 Å². The van der Waals surface area contributed by atoms with Crippen molar-refractivity contribution in [2.45, 2.75) is 20.0 Å². The number of hydrogen-bond donors (Lipinski definition) is 0. The second-order valence-electron chi connectivity index (χ2n) is 3.86. The van der Waals surface area contributed by atoms with Crippen LogP contribution in [0.2, 0.25) is 0 Å². The first kappa shape index (κ1) is 14.2. The van der Waals surface area contributed by atoms with Gasteiger partial charge in [-0.05, 0) is 48.8 Å². The number of benzene rings is 1. The van der Waals surface area contributed by atoms with E-state index in [1.165, 1.54) is 19.3 Å². The van der Waals surface area contributed by atoms with Crippen molar-refractivity contribution in [3.05, 3.63) is 34.9 Å². The molecule has 0 aromatic heterocycles. The molecular formula is C14H13F3O. The van der Waals surface area contributed by atoms with Gasteiger partial charge in [0.1, 0.15) is 5.75 Å². The SMILES string of the molecule is C#C/C=C(/C)c1cc(OC)c(C(F)(F)F)cc1C. The Kier molecular flexibility index (Phi) is 4.07. The predicted molar refractivity (Wildman–Crippen MR) is 65.2 cm³/mol. The fraction of sp³-hybridized carbons (Fsp3) is 0.286. The number of allylic oxidation sites excluding steroid dienone is 2. The Hall–Kier alpha value is -1.89. The number of terminal acetylenes is 1. The number of aryl methyl sites for hydroxylation is 1. The third-order valence-corrected chi connectivity index (χ3v) is 2.58. The number of rotatable bonds is 2. The summed E-state index contributed by atoms with van der Waals surface area (Å²) in [6.07, 6.45) is 2.23. The van der Waals surface area contributed by atoms with Crippen molar-refractivity contribution >= 4 is 5.57 Å². The van der Waals surface area contributed by atoms with Crippen molar-refractivity contribution in [3.63, 3.8) is 0 Å². The maximum Gasteiger partial charge on any atom is 0.419 e. The molecule has 18 heavy (non-hydrogen) atoms. The van der Waals surface area contributed by atoms with Crippen LogP contribution in [0.15, 0.2) is 18.2 Å². The van der Waals surface area contributed by atoms with Crippen molar-refractivity contribution in [2.75, 3.05) is 7.11 Å². The molecule has 1 nitrogen and oxygen atoms in total. The van der Waals surface area contributed by atoms with Crippen molar-refractivity contribution in [1.29, 1.82) is 0 Å². The Morgan fingerprint density at radius 1 is 1.39 bits per heavy atom. The zero-order valence-corrected chi connectivity index (χ0v) is 10.4. The monoisotopic (exact) mass is 254 g/mol. The predicted octanol–water partition coefficient (Wildman–Crippen LogP) is 4.06. The van der Waals surface area contributed by atoms with Gasteiger partial charge in [-0.2, -0.15) is 13.2 Å². The lowest BCUT2D eigenvalue weighted by molar-refractivity contribution is -0.138. The molecule has 0 saturated heterocycles. The van der Waals surface area contributed by atoms with Gasteiger partial charge in [-0.3, -0.25) is 0 Å². The van der Waals surface area contributed by atoms with Crippen molar-refractivity contribution in [1.82, 2.24) is 0 Å². The smallest absolute Gasteiger partial charge is 0.419 e. The van der Waals surface area contributed by atoms with Gasteiger partial charge in [0.25, 0.3) is 0 Å². The van der Waals surface area contributed by atoms with Crippen LogP contribution >= 0.6 is 0 Å². The molecule has 0 saturated carbocycles. The van der Waals surface area contributed by atoms with Gasteiger partial charge in [0, 0.05) is 0 Å². The minimum atomic E-state index is -4.43. The largest absolute Gasteiger partial charge is 0.496 e. The number of hydrogen-bond acceptors (Lipinski definition) is 1. The van der Waals surface area contributed by atoms with E-state index in [-0.39, 0.29) is 5.75 Å². The minimum absolute atomic E-state index is 0.201. The molecule has 1 rings (SSSR count). The summed E-state index contributed by atoms with van der Waals surface area (Å²) in [5, 5.41) is 0. The molecule has 96 valence electrons. The Labute approximate surface area is 104 Å². The first-order valence-electron chi connectivity index (χ1n) is 5.20. The molecule has 0 aliphatic heterocycles. The maximum atomic E-state index is 12.8. The van der Waals surface area contributed by atoms with Crippen LogP contribution in [0.4, 0.5) is 13.2 Å². The van der Waals surface area contributed by atoms with Crippen LogP contribution in [0.5, 0.6) is 5.75 Å². The number of halogens is 3. The van der Waals surface area contributed by atoms with E-state index in [1.807, 2.05) is 0 Å². The zero-order chi connectivity index (χ0) is 13.9. The Balaban J connectivity index is 3.46. The highest BCUT2D eigenvalue weighted by Gasteiger charge is 2.34. The molecular weight excluding hydrogens is 241 g/mol. The van der Waals surface area contributed by atoms with Gasteiger partial charge >= 0.3 is 6.18 Å². The molecule has 0 N–H and O–H groups in total. The van der Waals surface area contributed by atoms with Crippen LogP contribution in [0.1, 0.15) is 23.6 Å². The van der Waals surface area contributed by atoms with Crippen LogP contribution < -0.4 is 4.74 Å². The fourth-order valence-electron chi connectivity index (χ4n) is 1.71. The number of ether oxygens (including phenoxy) is 1. The van der Waals surface area contributed by atoms with Gasteiger partial charge in [0.05, 0.1) is 12.7 Å². The molecule has 0 unspecified atom stereocenters. The normalized spacial score (nSPS) is 12.2. The summed E-state index contributed by atoms with van der Waals surface area (Å²) in [5.41, 5.74) is 1.10. The molecule has 0 heterocycles. The van der Waals surface area contributed by atoms with E-state index in [0.717, 1.165) is 11.6 Å². The van der Waals surface area contributed by atoms with Gasteiger partial charge in [0.2, 0.25) is 0 Å². The first-order chi connectivity index (χ1) is 8.31. The number of methoxy groups -OCH3 is 1. The summed E-state index contributed by atoms with van der Waals surface area (Å²) >= 11 is 0. The van der Waals surface area contributed by atoms with E-state index in [9.17, 15) is 13.2 Å². The van der Waals surface area contributed by atoms with E-state index in [4.69, 9.17) is 11.2 Å². The van der Waals surface area contributed by atoms with Gasteiger partial charge in [-0.25, -0.2) is 0 Å². The highest BCUT2D eigenvalue weighted by Crippen LogP contribution is 2.38. The summed E-state index contributed by atoms with van der Waals surface area (Å²) in [6.45, 7) is 3.35. The molecule has 0 aliphatic carbocycles. The molecule has 0 radical (unpaired) electrons. The van der Waals surface area contributed by atoms with Crippen LogP contribution in [0, 0.1) is 19.3 Å². The summed E-state index contributed by atoms with van der Waals surface area (Å²) in [6, 6.07) is 2.43. The highest BCUT2D eigenvalue weighted by molar-refractivity contribution is 5.70. The van der Waals surface area contributed by atoms with E-state index < -0.39 is 11.7 Å². The lowest BCUT2D eigenvalue weighted by Gasteiger charge is -2.15. The van der Waals surface area contributed by atoms with E-state index in [1.54, 1.807) is 13.8 Å². The second-order valence-corrected chi connectivity index (χ2v) is 3.86. The standard InChI is InChI=1S/C14H13F3O/c1-5-6-9(2)11-8-13(18-4)12(7-10(11)3)14(15,16)17/h1,6-8H,2-4H3/b9-6-. The minimum Gasteiger partial charge on any atom is -0.496 e. The Morgan fingerprint density at radius 3 is 2.44 bits per heavy atom. The summed E-state index contributed by atoms with van der Waals surface area (Å²) in [5.74, 6) is 2.15. The highest BCUT2D eigenvalue weighted by atomic mass is 19.4. The topological polar surface area (TPSA) is 9.23 Å². The third kappa shape index (κ3) is 2.86. The van der Waals surface area contributed by atoms with Crippen LogP contribution in [0.25, 0.3) is 5.57 Å². The second kappa shape index (κ2) is 5.18. The molecule has 0 fully saturated rings. The summed E-state index contributed by atoms with van der Waals surface area (Å²) in [4.78, 5) is 0. The molecule has 1 aromatic rings. The average molecular weight is 254 g/mol. The van der Waals surface area contributed by atoms with E-state index >= 15 is 0 Å². The molecule has 0 amide bonds. The lowest BCUT2D eigenvalue weighted by Crippen LogP contribution is -2.08. The van der Waals surface area contributed by atoms with E-state index in [2.05, 4.69) is 5.92 Å². The zero-order valence-electron chi connectivity index (χ0n) is 10.4. The van der Waals surface area contributed by atoms with Gasteiger partial charge in [0.15, 0.2) is 0 Å². The molecule has 4 heteroatoms. The third-order valence-electron chi connectivity index (χ3n) is 2.58. The molecule has 0 aliphatic rings. The molecule has 0 spiro atoms. The quantitative estimate of drug-likeness (QED) is 0.723. The van der Waals surface area contributed by atoms with Crippen molar-refractivity contribution in [2.24, 2.45) is 0 Å². The molecule has 1 aromatic carbocycles. The van der Waals surface area contributed by atoms with E-state index in [0.29, 0.717) is 11.1 Å². The van der Waals surface area contributed by atoms with Crippen LogP contribution in [-0.4, -0.2) is 7.11 Å². The van der Waals surface area contributed by atoms with Gasteiger partial charge < -0.3 is 4.74 Å². The van der Waals surface area contributed by atoms with Crippen molar-refractivity contribution < 1.29 is 17.9 Å². The van der Waals surface area contributed by atoms with Crippen LogP contribution in [0.3, 0.4) is 0 Å². The fourth-order valence-corrected chi connectivity index (χ4v) is 1.71. The van der Waals surface area contributed by atoms with Gasteiger partial charge in [-0.15, -0.1) is 6.42 Å². The molecule has 0 atom stereocenters. The Morgan fingerprint density at radius 2 is 2.00 bits per heavy atom. The summed E-state index contributed by atoms with van der Waals surface area (Å²) < 4.78 is 43.1. The lowest BCUT2D eigenvalue weighted by atomic mass is 9.98. The average Bonchev–Trinajstić information content (AvgIpc) is 2.27. The van der Waals surface area contributed by atoms with Gasteiger partial charge in [-0.1, -0.05) is 5.92 Å². The molecule has 0 bridgehead atoms. The maximum absolute atomic E-state index is 12.8.